The quantitative estimate of drug-likeness (QED) is 0.684. The highest BCUT2D eigenvalue weighted by Gasteiger charge is 2.15. The summed E-state index contributed by atoms with van der Waals surface area (Å²) >= 11 is 17.6. The monoisotopic (exact) mass is 424 g/mol. The standard InChI is InChI=1S/C15H12Cl3FN2O3S/c16-11-7-13(18)14(8-12(11)17)21-15(22)5-6-20-25(23,24)10-3-1-9(19)2-4-10/h1-4,7-8,20H,5-6H2,(H,21,22). The number of benzene rings is 2. The maximum atomic E-state index is 12.8. The zero-order valence-corrected chi connectivity index (χ0v) is 15.6. The molecule has 10 heteroatoms. The van der Waals surface area contributed by atoms with Gasteiger partial charge in [0.05, 0.1) is 25.7 Å². The average Bonchev–Trinajstić information content (AvgIpc) is 2.53. The van der Waals surface area contributed by atoms with Gasteiger partial charge in [-0.25, -0.2) is 17.5 Å². The Kier molecular flexibility index (Phi) is 6.65. The number of amides is 1. The molecular formula is C15H12Cl3FN2O3S. The molecule has 25 heavy (non-hydrogen) atoms. The van der Waals surface area contributed by atoms with Crippen LogP contribution in [0.3, 0.4) is 0 Å². The Morgan fingerprint density at radius 3 is 2.24 bits per heavy atom. The molecule has 0 spiro atoms. The molecule has 2 rings (SSSR count). The summed E-state index contributed by atoms with van der Waals surface area (Å²) < 4.78 is 39.1. The van der Waals surface area contributed by atoms with Crippen LogP contribution in [-0.2, 0) is 14.8 Å². The van der Waals surface area contributed by atoms with Crippen LogP contribution in [0.25, 0.3) is 0 Å². The number of hydrogen-bond donors (Lipinski definition) is 2. The minimum atomic E-state index is -3.83. The van der Waals surface area contributed by atoms with Crippen molar-refractivity contribution in [2.75, 3.05) is 11.9 Å². The lowest BCUT2D eigenvalue weighted by Gasteiger charge is -2.10. The fourth-order valence-corrected chi connectivity index (χ4v) is 3.45. The van der Waals surface area contributed by atoms with Crippen LogP contribution in [0.4, 0.5) is 10.1 Å². The van der Waals surface area contributed by atoms with Crippen molar-refractivity contribution in [2.45, 2.75) is 11.3 Å². The second-order valence-electron chi connectivity index (χ2n) is 4.90. The summed E-state index contributed by atoms with van der Waals surface area (Å²) in [6.07, 6.45) is -0.142. The van der Waals surface area contributed by atoms with Gasteiger partial charge in [0.2, 0.25) is 15.9 Å². The summed E-state index contributed by atoms with van der Waals surface area (Å²) in [5.41, 5.74) is 0.266. The minimum absolute atomic E-state index is 0.0955. The fraction of sp³-hybridized carbons (Fsp3) is 0.133. The van der Waals surface area contributed by atoms with Gasteiger partial charge >= 0.3 is 0 Å². The topological polar surface area (TPSA) is 75.3 Å². The van der Waals surface area contributed by atoms with Gasteiger partial charge in [-0.2, -0.15) is 0 Å². The van der Waals surface area contributed by atoms with Gasteiger partial charge in [-0.1, -0.05) is 34.8 Å². The van der Waals surface area contributed by atoms with E-state index in [-0.39, 0.29) is 38.6 Å². The smallest absolute Gasteiger partial charge is 0.240 e. The second kappa shape index (κ2) is 8.33. The Bertz CT molecular complexity index is 890. The van der Waals surface area contributed by atoms with Crippen LogP contribution in [0.5, 0.6) is 0 Å². The first-order valence-corrected chi connectivity index (χ1v) is 9.50. The summed E-state index contributed by atoms with van der Waals surface area (Å²) in [4.78, 5) is 11.8. The third-order valence-electron chi connectivity index (χ3n) is 3.05. The van der Waals surface area contributed by atoms with Gasteiger partial charge in [0, 0.05) is 13.0 Å². The normalized spacial score (nSPS) is 11.4. The van der Waals surface area contributed by atoms with Crippen molar-refractivity contribution in [1.82, 2.24) is 4.72 Å². The van der Waals surface area contributed by atoms with Crippen molar-refractivity contribution in [3.8, 4) is 0 Å². The van der Waals surface area contributed by atoms with Crippen LogP contribution in [-0.4, -0.2) is 20.9 Å². The Labute approximate surface area is 159 Å². The molecule has 0 saturated heterocycles. The molecule has 1 amide bonds. The Morgan fingerprint density at radius 2 is 1.60 bits per heavy atom. The van der Waals surface area contributed by atoms with Crippen molar-refractivity contribution in [2.24, 2.45) is 0 Å². The predicted octanol–water partition coefficient (Wildman–Crippen LogP) is 4.09. The summed E-state index contributed by atoms with van der Waals surface area (Å²) in [5, 5.41) is 3.18. The minimum Gasteiger partial charge on any atom is -0.325 e. The zero-order valence-electron chi connectivity index (χ0n) is 12.5. The molecule has 2 aromatic carbocycles. The Morgan fingerprint density at radius 1 is 1.00 bits per heavy atom. The molecule has 0 heterocycles. The van der Waals surface area contributed by atoms with E-state index >= 15 is 0 Å². The molecule has 0 aliphatic heterocycles. The molecule has 2 N–H and O–H groups in total. The van der Waals surface area contributed by atoms with E-state index in [2.05, 4.69) is 10.0 Å². The summed E-state index contributed by atoms with van der Waals surface area (Å²) in [6, 6.07) is 7.12. The lowest BCUT2D eigenvalue weighted by Crippen LogP contribution is -2.27. The van der Waals surface area contributed by atoms with Crippen molar-refractivity contribution in [3.63, 3.8) is 0 Å². The van der Waals surface area contributed by atoms with E-state index in [1.807, 2.05) is 0 Å². The lowest BCUT2D eigenvalue weighted by atomic mass is 10.3. The van der Waals surface area contributed by atoms with Crippen LogP contribution in [0, 0.1) is 5.82 Å². The number of carbonyl (C=O) groups excluding carboxylic acids is 1. The third kappa shape index (κ3) is 5.55. The first-order chi connectivity index (χ1) is 11.7. The van der Waals surface area contributed by atoms with Gasteiger partial charge in [-0.3, -0.25) is 4.79 Å². The highest BCUT2D eigenvalue weighted by molar-refractivity contribution is 7.89. The number of halogens is 4. The van der Waals surface area contributed by atoms with Crippen molar-refractivity contribution in [3.05, 3.63) is 57.3 Å². The van der Waals surface area contributed by atoms with Crippen LogP contribution < -0.4 is 10.0 Å². The van der Waals surface area contributed by atoms with E-state index in [1.165, 1.54) is 12.1 Å². The average molecular weight is 426 g/mol. The van der Waals surface area contributed by atoms with Crippen LogP contribution in [0.15, 0.2) is 41.3 Å². The Hall–Kier alpha value is -1.38. The number of nitrogens with one attached hydrogen (secondary N) is 2. The van der Waals surface area contributed by atoms with Crippen LogP contribution in [0.2, 0.25) is 15.1 Å². The van der Waals surface area contributed by atoms with Gasteiger partial charge < -0.3 is 5.32 Å². The zero-order chi connectivity index (χ0) is 18.6. The van der Waals surface area contributed by atoms with E-state index in [0.717, 1.165) is 24.3 Å². The molecule has 0 aromatic heterocycles. The van der Waals surface area contributed by atoms with Gasteiger partial charge in [0.25, 0.3) is 0 Å². The molecule has 134 valence electrons. The fourth-order valence-electron chi connectivity index (χ4n) is 1.83. The first kappa shape index (κ1) is 19.9. The number of sulfonamides is 1. The molecule has 0 fully saturated rings. The molecule has 5 nitrogen and oxygen atoms in total. The molecular weight excluding hydrogens is 414 g/mol. The molecule has 0 aliphatic rings. The van der Waals surface area contributed by atoms with Crippen LogP contribution >= 0.6 is 34.8 Å². The SMILES string of the molecule is O=C(CCNS(=O)(=O)c1ccc(F)cc1)Nc1cc(Cl)c(Cl)cc1Cl. The maximum Gasteiger partial charge on any atom is 0.240 e. The molecule has 0 atom stereocenters. The van der Waals surface area contributed by atoms with Gasteiger partial charge in [-0.15, -0.1) is 0 Å². The molecule has 0 unspecified atom stereocenters. The van der Waals surface area contributed by atoms with Crippen molar-refractivity contribution < 1.29 is 17.6 Å². The lowest BCUT2D eigenvalue weighted by molar-refractivity contribution is -0.116. The van der Waals surface area contributed by atoms with Gasteiger partial charge in [0.15, 0.2) is 0 Å². The number of carbonyl (C=O) groups is 1. The van der Waals surface area contributed by atoms with E-state index in [1.54, 1.807) is 0 Å². The van der Waals surface area contributed by atoms with E-state index in [9.17, 15) is 17.6 Å². The molecule has 0 bridgehead atoms. The Balaban J connectivity index is 1.92. The highest BCUT2D eigenvalue weighted by atomic mass is 35.5. The number of anilines is 1. The number of hydrogen-bond acceptors (Lipinski definition) is 3. The highest BCUT2D eigenvalue weighted by Crippen LogP contribution is 2.32. The summed E-state index contributed by atoms with van der Waals surface area (Å²) in [7, 11) is -3.83. The van der Waals surface area contributed by atoms with Gasteiger partial charge in [0.1, 0.15) is 5.82 Å². The number of rotatable bonds is 6. The van der Waals surface area contributed by atoms with E-state index < -0.39 is 21.7 Å². The van der Waals surface area contributed by atoms with Gasteiger partial charge in [-0.05, 0) is 36.4 Å². The third-order valence-corrected chi connectivity index (χ3v) is 5.56. The molecule has 2 aromatic rings. The molecule has 0 saturated carbocycles. The van der Waals surface area contributed by atoms with Crippen molar-refractivity contribution in [1.29, 1.82) is 0 Å². The second-order valence-corrected chi connectivity index (χ2v) is 7.88. The first-order valence-electron chi connectivity index (χ1n) is 6.88. The largest absolute Gasteiger partial charge is 0.325 e. The van der Waals surface area contributed by atoms with Crippen LogP contribution in [0.1, 0.15) is 6.42 Å². The maximum absolute atomic E-state index is 12.8. The molecule has 0 radical (unpaired) electrons. The summed E-state index contributed by atoms with van der Waals surface area (Å²) in [5.74, 6) is -1.01. The van der Waals surface area contributed by atoms with E-state index in [4.69, 9.17) is 34.8 Å². The summed E-state index contributed by atoms with van der Waals surface area (Å²) in [6.45, 7) is -0.148. The molecule has 0 aliphatic carbocycles. The van der Waals surface area contributed by atoms with E-state index in [0.29, 0.717) is 0 Å². The van der Waals surface area contributed by atoms with Crippen molar-refractivity contribution >= 4 is 56.4 Å². The predicted molar refractivity (Wildman–Crippen MR) is 96.3 cm³/mol.